The standard InChI is InChI=1S/C28H22ClFN4O2/c29-20-11-10-17(14-21(20)30)23-24(27(31)34-25(23)26(35)16-6-2-1-3-7-16)28(36)32-13-12-18-15-33-22-9-5-4-8-19(18)22/h1-11,14-15,33-34H,12-13,31H2,(H,32,36). The van der Waals surface area contributed by atoms with Crippen molar-refractivity contribution in [1.29, 1.82) is 0 Å². The Labute approximate surface area is 211 Å². The van der Waals surface area contributed by atoms with Crippen molar-refractivity contribution in [3.63, 3.8) is 0 Å². The predicted octanol–water partition coefficient (Wildman–Crippen LogP) is 5.74. The summed E-state index contributed by atoms with van der Waals surface area (Å²) in [6.07, 6.45) is 2.50. The average molecular weight is 501 g/mol. The summed E-state index contributed by atoms with van der Waals surface area (Å²) >= 11 is 5.88. The molecule has 0 aliphatic rings. The van der Waals surface area contributed by atoms with Gasteiger partial charge in [-0.2, -0.15) is 0 Å². The maximum Gasteiger partial charge on any atom is 0.255 e. The molecule has 5 rings (SSSR count). The first-order valence-electron chi connectivity index (χ1n) is 11.3. The summed E-state index contributed by atoms with van der Waals surface area (Å²) < 4.78 is 14.4. The van der Waals surface area contributed by atoms with E-state index in [2.05, 4.69) is 15.3 Å². The Bertz CT molecular complexity index is 1590. The van der Waals surface area contributed by atoms with Gasteiger partial charge in [-0.25, -0.2) is 4.39 Å². The van der Waals surface area contributed by atoms with E-state index in [1.54, 1.807) is 36.4 Å². The molecule has 0 radical (unpaired) electrons. The normalized spacial score (nSPS) is 11.1. The number of nitrogens with two attached hydrogens (primary N) is 1. The van der Waals surface area contributed by atoms with Crippen molar-refractivity contribution in [2.45, 2.75) is 6.42 Å². The number of carbonyl (C=O) groups excluding carboxylic acids is 2. The molecule has 0 aliphatic heterocycles. The third-order valence-corrected chi connectivity index (χ3v) is 6.39. The van der Waals surface area contributed by atoms with Gasteiger partial charge < -0.3 is 21.0 Å². The highest BCUT2D eigenvalue weighted by atomic mass is 35.5. The number of aromatic nitrogens is 2. The molecule has 0 spiro atoms. The number of carbonyl (C=O) groups is 2. The smallest absolute Gasteiger partial charge is 0.255 e. The number of halogens is 2. The minimum Gasteiger partial charge on any atom is -0.385 e. The molecule has 180 valence electrons. The number of H-pyrrole nitrogens is 2. The van der Waals surface area contributed by atoms with Crippen LogP contribution in [0.5, 0.6) is 0 Å². The summed E-state index contributed by atoms with van der Waals surface area (Å²) in [7, 11) is 0. The molecule has 36 heavy (non-hydrogen) atoms. The summed E-state index contributed by atoms with van der Waals surface area (Å²) in [5.41, 5.74) is 9.41. The van der Waals surface area contributed by atoms with Crippen LogP contribution >= 0.6 is 11.6 Å². The number of anilines is 1. The van der Waals surface area contributed by atoms with E-state index < -0.39 is 11.7 Å². The number of hydrogen-bond acceptors (Lipinski definition) is 3. The molecule has 0 aliphatic carbocycles. The lowest BCUT2D eigenvalue weighted by molar-refractivity contribution is 0.0955. The molecule has 5 aromatic rings. The summed E-state index contributed by atoms with van der Waals surface area (Å²) in [4.78, 5) is 32.7. The first-order chi connectivity index (χ1) is 17.4. The van der Waals surface area contributed by atoms with Gasteiger partial charge in [-0.1, -0.05) is 66.2 Å². The number of amides is 1. The lowest BCUT2D eigenvalue weighted by Crippen LogP contribution is -2.26. The van der Waals surface area contributed by atoms with E-state index in [9.17, 15) is 14.0 Å². The molecule has 2 aromatic heterocycles. The van der Waals surface area contributed by atoms with Crippen molar-refractivity contribution < 1.29 is 14.0 Å². The molecule has 5 N–H and O–H groups in total. The molecular formula is C28H22ClFN4O2. The number of hydrogen-bond donors (Lipinski definition) is 4. The van der Waals surface area contributed by atoms with Gasteiger partial charge in [0.15, 0.2) is 0 Å². The molecule has 0 fully saturated rings. The zero-order chi connectivity index (χ0) is 25.2. The quantitative estimate of drug-likeness (QED) is 0.214. The van der Waals surface area contributed by atoms with Crippen LogP contribution in [0, 0.1) is 5.82 Å². The molecule has 0 saturated carbocycles. The maximum atomic E-state index is 14.4. The molecule has 0 bridgehead atoms. The fraction of sp³-hybridized carbons (Fsp3) is 0.0714. The Morgan fingerprint density at radius 1 is 1.00 bits per heavy atom. The van der Waals surface area contributed by atoms with Crippen LogP contribution in [0.4, 0.5) is 10.2 Å². The van der Waals surface area contributed by atoms with Crippen LogP contribution in [0.3, 0.4) is 0 Å². The van der Waals surface area contributed by atoms with Crippen LogP contribution in [-0.2, 0) is 6.42 Å². The van der Waals surface area contributed by atoms with Crippen molar-refractivity contribution in [1.82, 2.24) is 15.3 Å². The number of fused-ring (bicyclic) bond motifs is 1. The lowest BCUT2D eigenvalue weighted by atomic mass is 9.96. The largest absolute Gasteiger partial charge is 0.385 e. The highest BCUT2D eigenvalue weighted by Crippen LogP contribution is 2.35. The number of para-hydroxylation sites is 1. The molecule has 1 amide bonds. The molecule has 0 atom stereocenters. The summed E-state index contributed by atoms with van der Waals surface area (Å²) in [5.74, 6) is -1.49. The second kappa shape index (κ2) is 9.71. The second-order valence-corrected chi connectivity index (χ2v) is 8.76. The van der Waals surface area contributed by atoms with Gasteiger partial charge >= 0.3 is 0 Å². The van der Waals surface area contributed by atoms with Gasteiger partial charge in [0.05, 0.1) is 16.3 Å². The minimum absolute atomic E-state index is 0.0178. The SMILES string of the molecule is Nc1[nH]c(C(=O)c2ccccc2)c(-c2ccc(Cl)c(F)c2)c1C(=O)NCCc1c[nH]c2ccccc12. The average Bonchev–Trinajstić information content (AvgIpc) is 3.46. The van der Waals surface area contributed by atoms with Crippen molar-refractivity contribution in [3.8, 4) is 11.1 Å². The van der Waals surface area contributed by atoms with Crippen LogP contribution in [0.1, 0.15) is 32.0 Å². The zero-order valence-corrected chi connectivity index (χ0v) is 19.8. The number of aromatic amines is 2. The van der Waals surface area contributed by atoms with Crippen molar-refractivity contribution in [2.75, 3.05) is 12.3 Å². The molecular weight excluding hydrogens is 479 g/mol. The molecule has 0 saturated heterocycles. The van der Waals surface area contributed by atoms with Gasteiger partial charge in [0, 0.05) is 34.8 Å². The van der Waals surface area contributed by atoms with E-state index in [0.717, 1.165) is 16.5 Å². The van der Waals surface area contributed by atoms with Crippen molar-refractivity contribution in [3.05, 3.63) is 112 Å². The van der Waals surface area contributed by atoms with E-state index in [-0.39, 0.29) is 33.4 Å². The Morgan fingerprint density at radius 2 is 1.75 bits per heavy atom. The molecule has 3 aromatic carbocycles. The zero-order valence-electron chi connectivity index (χ0n) is 19.1. The van der Waals surface area contributed by atoms with Gasteiger partial charge in [0.25, 0.3) is 5.91 Å². The van der Waals surface area contributed by atoms with E-state index in [4.69, 9.17) is 17.3 Å². The van der Waals surface area contributed by atoms with E-state index in [1.165, 1.54) is 12.1 Å². The third kappa shape index (κ3) is 4.36. The molecule has 6 nitrogen and oxygen atoms in total. The van der Waals surface area contributed by atoms with Crippen LogP contribution in [0.2, 0.25) is 5.02 Å². The number of nitrogens with one attached hydrogen (secondary N) is 3. The molecule has 0 unspecified atom stereocenters. The van der Waals surface area contributed by atoms with Crippen molar-refractivity contribution in [2.24, 2.45) is 0 Å². The Balaban J connectivity index is 1.48. The Kier molecular flexibility index (Phi) is 6.31. The van der Waals surface area contributed by atoms with E-state index >= 15 is 0 Å². The molecule has 2 heterocycles. The highest BCUT2D eigenvalue weighted by Gasteiger charge is 2.27. The highest BCUT2D eigenvalue weighted by molar-refractivity contribution is 6.30. The van der Waals surface area contributed by atoms with Crippen LogP contribution in [0.15, 0.2) is 79.0 Å². The van der Waals surface area contributed by atoms with Gasteiger partial charge in [0.2, 0.25) is 5.78 Å². The number of nitrogen functional groups attached to an aromatic ring is 1. The number of ketones is 1. The first kappa shape index (κ1) is 23.4. The number of rotatable bonds is 7. The Hall–Kier alpha value is -4.36. The lowest BCUT2D eigenvalue weighted by Gasteiger charge is -2.10. The van der Waals surface area contributed by atoms with Crippen LogP contribution < -0.4 is 11.1 Å². The summed E-state index contributed by atoms with van der Waals surface area (Å²) in [6.45, 7) is 0.335. The number of benzene rings is 3. The van der Waals surface area contributed by atoms with E-state index in [1.807, 2.05) is 30.5 Å². The van der Waals surface area contributed by atoms with Crippen LogP contribution in [-0.4, -0.2) is 28.2 Å². The fourth-order valence-electron chi connectivity index (χ4n) is 4.34. The van der Waals surface area contributed by atoms with E-state index in [0.29, 0.717) is 24.1 Å². The fourth-order valence-corrected chi connectivity index (χ4v) is 4.45. The van der Waals surface area contributed by atoms with Gasteiger partial charge in [0.1, 0.15) is 11.6 Å². The Morgan fingerprint density at radius 3 is 2.53 bits per heavy atom. The van der Waals surface area contributed by atoms with Crippen LogP contribution in [0.25, 0.3) is 22.0 Å². The van der Waals surface area contributed by atoms with Gasteiger partial charge in [-0.05, 0) is 35.7 Å². The van der Waals surface area contributed by atoms with Crippen molar-refractivity contribution >= 4 is 40.0 Å². The topological polar surface area (TPSA) is 104 Å². The summed E-state index contributed by atoms with van der Waals surface area (Å²) in [6, 6.07) is 20.6. The predicted molar refractivity (Wildman–Crippen MR) is 140 cm³/mol. The first-order valence-corrected chi connectivity index (χ1v) is 11.7. The third-order valence-electron chi connectivity index (χ3n) is 6.08. The summed E-state index contributed by atoms with van der Waals surface area (Å²) in [5, 5.41) is 3.90. The maximum absolute atomic E-state index is 14.4. The molecule has 8 heteroatoms. The minimum atomic E-state index is -0.669. The van der Waals surface area contributed by atoms with Gasteiger partial charge in [-0.3, -0.25) is 9.59 Å². The monoisotopic (exact) mass is 500 g/mol. The second-order valence-electron chi connectivity index (χ2n) is 8.35. The van der Waals surface area contributed by atoms with Gasteiger partial charge in [-0.15, -0.1) is 0 Å².